The van der Waals surface area contributed by atoms with E-state index in [4.69, 9.17) is 0 Å². The number of hydrogen-bond acceptors (Lipinski definition) is 5. The topological polar surface area (TPSA) is 80.0 Å². The summed E-state index contributed by atoms with van der Waals surface area (Å²) in [5.41, 5.74) is 1.06. The molecule has 2 aromatic heterocycles. The number of rotatable bonds is 5. The number of thiazole rings is 1. The van der Waals surface area contributed by atoms with Crippen LogP contribution in [0.2, 0.25) is 0 Å². The summed E-state index contributed by atoms with van der Waals surface area (Å²) in [6.45, 7) is 5.14. The van der Waals surface area contributed by atoms with Crippen molar-refractivity contribution in [1.29, 1.82) is 0 Å². The average molecular weight is 447 g/mol. The summed E-state index contributed by atoms with van der Waals surface area (Å²) < 4.78 is 1.96. The van der Waals surface area contributed by atoms with E-state index in [2.05, 4.69) is 36.2 Å². The van der Waals surface area contributed by atoms with E-state index >= 15 is 0 Å². The standard InChI is InChI=1S/C14H21N7S.HI/c1-9-8-22-13(17-9)7-16-14(18-11-4-5-11)15-6-12-20-19-10(2)21(12)3;/h8,11H,4-7H2,1-3H3,(H2,15,16,18);1H. The molecule has 2 heterocycles. The van der Waals surface area contributed by atoms with Crippen molar-refractivity contribution in [3.63, 3.8) is 0 Å². The van der Waals surface area contributed by atoms with Crippen molar-refractivity contribution in [2.24, 2.45) is 12.0 Å². The van der Waals surface area contributed by atoms with Crippen LogP contribution < -0.4 is 10.6 Å². The van der Waals surface area contributed by atoms with Gasteiger partial charge in [-0.2, -0.15) is 0 Å². The molecule has 126 valence electrons. The van der Waals surface area contributed by atoms with Gasteiger partial charge < -0.3 is 15.2 Å². The van der Waals surface area contributed by atoms with Crippen molar-refractivity contribution in [3.05, 3.63) is 27.7 Å². The van der Waals surface area contributed by atoms with E-state index in [-0.39, 0.29) is 24.0 Å². The van der Waals surface area contributed by atoms with Gasteiger partial charge in [0.05, 0.1) is 6.54 Å². The normalized spacial score (nSPS) is 14.5. The number of nitrogens with one attached hydrogen (secondary N) is 2. The van der Waals surface area contributed by atoms with E-state index in [1.165, 1.54) is 12.8 Å². The highest BCUT2D eigenvalue weighted by Crippen LogP contribution is 2.18. The second-order valence-electron chi connectivity index (χ2n) is 5.54. The third kappa shape index (κ3) is 5.13. The monoisotopic (exact) mass is 447 g/mol. The highest BCUT2D eigenvalue weighted by Gasteiger charge is 2.22. The lowest BCUT2D eigenvalue weighted by Crippen LogP contribution is -2.38. The van der Waals surface area contributed by atoms with Gasteiger partial charge in [0.2, 0.25) is 0 Å². The van der Waals surface area contributed by atoms with Crippen LogP contribution in [0.25, 0.3) is 0 Å². The van der Waals surface area contributed by atoms with Crippen molar-refractivity contribution in [3.8, 4) is 0 Å². The van der Waals surface area contributed by atoms with Crippen LogP contribution >= 0.6 is 35.3 Å². The fraction of sp³-hybridized carbons (Fsp3) is 0.571. The molecule has 3 rings (SSSR count). The first-order chi connectivity index (χ1) is 10.6. The van der Waals surface area contributed by atoms with Crippen molar-refractivity contribution in [2.75, 3.05) is 0 Å². The number of guanidine groups is 1. The van der Waals surface area contributed by atoms with Gasteiger partial charge in [0, 0.05) is 24.2 Å². The van der Waals surface area contributed by atoms with Gasteiger partial charge in [0.15, 0.2) is 11.8 Å². The zero-order chi connectivity index (χ0) is 15.5. The largest absolute Gasteiger partial charge is 0.354 e. The van der Waals surface area contributed by atoms with Gasteiger partial charge in [-0.05, 0) is 26.7 Å². The van der Waals surface area contributed by atoms with E-state index < -0.39 is 0 Å². The Labute approximate surface area is 157 Å². The first kappa shape index (κ1) is 18.1. The lowest BCUT2D eigenvalue weighted by molar-refractivity contribution is 0.748. The molecule has 0 aromatic carbocycles. The summed E-state index contributed by atoms with van der Waals surface area (Å²) in [5, 5.41) is 18.1. The highest BCUT2D eigenvalue weighted by atomic mass is 127. The first-order valence-electron chi connectivity index (χ1n) is 7.42. The number of halogens is 1. The lowest BCUT2D eigenvalue weighted by atomic mass is 10.5. The average Bonchev–Trinajstić information content (AvgIpc) is 3.14. The molecule has 0 spiro atoms. The maximum atomic E-state index is 4.62. The van der Waals surface area contributed by atoms with Crippen LogP contribution in [0.3, 0.4) is 0 Å². The SMILES string of the molecule is Cc1csc(CNC(=NCc2nnc(C)n2C)NC2CC2)n1.I. The molecule has 0 amide bonds. The molecule has 0 bridgehead atoms. The van der Waals surface area contributed by atoms with Gasteiger partial charge in [-0.25, -0.2) is 9.98 Å². The molecule has 1 aliphatic carbocycles. The first-order valence-corrected chi connectivity index (χ1v) is 8.30. The molecule has 0 unspecified atom stereocenters. The molecule has 2 N–H and O–H groups in total. The Morgan fingerprint density at radius 2 is 2.17 bits per heavy atom. The van der Waals surface area contributed by atoms with Gasteiger partial charge in [-0.1, -0.05) is 0 Å². The Bertz CT molecular complexity index is 674. The van der Waals surface area contributed by atoms with Crippen LogP contribution in [0, 0.1) is 13.8 Å². The van der Waals surface area contributed by atoms with Gasteiger partial charge in [-0.3, -0.25) is 0 Å². The molecule has 2 aromatic rings. The Morgan fingerprint density at radius 1 is 1.39 bits per heavy atom. The quantitative estimate of drug-likeness (QED) is 0.416. The molecule has 0 aliphatic heterocycles. The molecular weight excluding hydrogens is 425 g/mol. The molecule has 1 saturated carbocycles. The van der Waals surface area contributed by atoms with Crippen molar-refractivity contribution in [2.45, 2.75) is 45.8 Å². The molecule has 9 heteroatoms. The molecular formula is C14H22IN7S. The van der Waals surface area contributed by atoms with Crippen molar-refractivity contribution in [1.82, 2.24) is 30.4 Å². The molecule has 1 aliphatic rings. The van der Waals surface area contributed by atoms with E-state index in [1.807, 2.05) is 25.5 Å². The van der Waals surface area contributed by atoms with Crippen LogP contribution in [-0.4, -0.2) is 31.7 Å². The molecule has 7 nitrogen and oxygen atoms in total. The third-order valence-electron chi connectivity index (χ3n) is 3.55. The molecule has 23 heavy (non-hydrogen) atoms. The van der Waals surface area contributed by atoms with Gasteiger partial charge in [0.25, 0.3) is 0 Å². The number of hydrogen-bond donors (Lipinski definition) is 2. The number of aryl methyl sites for hydroxylation is 2. The third-order valence-corrected chi connectivity index (χ3v) is 4.52. The Morgan fingerprint density at radius 3 is 2.74 bits per heavy atom. The highest BCUT2D eigenvalue weighted by molar-refractivity contribution is 14.0. The van der Waals surface area contributed by atoms with Gasteiger partial charge in [0.1, 0.15) is 17.4 Å². The molecule has 1 fully saturated rings. The number of aliphatic imine (C=N–C) groups is 1. The summed E-state index contributed by atoms with van der Waals surface area (Å²) in [6, 6.07) is 0.547. The smallest absolute Gasteiger partial charge is 0.192 e. The van der Waals surface area contributed by atoms with Crippen LogP contribution in [0.5, 0.6) is 0 Å². The maximum Gasteiger partial charge on any atom is 0.192 e. The molecule has 0 saturated heterocycles. The van der Waals surface area contributed by atoms with E-state index in [9.17, 15) is 0 Å². The van der Waals surface area contributed by atoms with Crippen LogP contribution in [0.1, 0.15) is 35.2 Å². The lowest BCUT2D eigenvalue weighted by Gasteiger charge is -2.10. The van der Waals surface area contributed by atoms with Crippen molar-refractivity contribution < 1.29 is 0 Å². The van der Waals surface area contributed by atoms with Crippen LogP contribution in [-0.2, 0) is 20.1 Å². The van der Waals surface area contributed by atoms with Crippen molar-refractivity contribution >= 4 is 41.3 Å². The summed E-state index contributed by atoms with van der Waals surface area (Å²) in [4.78, 5) is 9.08. The fourth-order valence-electron chi connectivity index (χ4n) is 1.96. The summed E-state index contributed by atoms with van der Waals surface area (Å²) in [5.74, 6) is 2.57. The zero-order valence-electron chi connectivity index (χ0n) is 13.5. The summed E-state index contributed by atoms with van der Waals surface area (Å²) in [7, 11) is 1.96. The predicted molar refractivity (Wildman–Crippen MR) is 102 cm³/mol. The second-order valence-corrected chi connectivity index (χ2v) is 6.48. The minimum atomic E-state index is 0. The maximum absolute atomic E-state index is 4.62. The van der Waals surface area contributed by atoms with E-state index in [1.54, 1.807) is 11.3 Å². The number of aromatic nitrogens is 4. The Balaban J connectivity index is 0.00000192. The molecule has 0 radical (unpaired) electrons. The minimum Gasteiger partial charge on any atom is -0.354 e. The fourth-order valence-corrected chi connectivity index (χ4v) is 2.67. The van der Waals surface area contributed by atoms with Gasteiger partial charge >= 0.3 is 0 Å². The predicted octanol–water partition coefficient (Wildman–Crippen LogP) is 1.90. The molecule has 0 atom stereocenters. The van der Waals surface area contributed by atoms with E-state index in [0.29, 0.717) is 19.1 Å². The minimum absolute atomic E-state index is 0. The van der Waals surface area contributed by atoms with Gasteiger partial charge in [-0.15, -0.1) is 45.5 Å². The summed E-state index contributed by atoms with van der Waals surface area (Å²) in [6.07, 6.45) is 2.42. The number of nitrogens with zero attached hydrogens (tertiary/aromatic N) is 5. The van der Waals surface area contributed by atoms with E-state index in [0.717, 1.165) is 28.3 Å². The summed E-state index contributed by atoms with van der Waals surface area (Å²) >= 11 is 1.66. The Hall–Kier alpha value is -1.23. The van der Waals surface area contributed by atoms with Crippen LogP contribution in [0.15, 0.2) is 10.4 Å². The second kappa shape index (κ2) is 8.04. The Kier molecular flexibility index (Phi) is 6.33. The van der Waals surface area contributed by atoms with Crippen LogP contribution in [0.4, 0.5) is 0 Å². The zero-order valence-corrected chi connectivity index (χ0v) is 16.7.